The summed E-state index contributed by atoms with van der Waals surface area (Å²) in [6.07, 6.45) is 0. The van der Waals surface area contributed by atoms with Crippen LogP contribution in [0.2, 0.25) is 0 Å². The first-order chi connectivity index (χ1) is 9.21. The van der Waals surface area contributed by atoms with Crippen LogP contribution in [0.15, 0.2) is 29.4 Å². The van der Waals surface area contributed by atoms with Gasteiger partial charge in [0.05, 0.1) is 19.3 Å². The molecule has 0 fully saturated rings. The van der Waals surface area contributed by atoms with E-state index in [0.717, 1.165) is 0 Å². The highest BCUT2D eigenvalue weighted by Crippen LogP contribution is 2.11. The largest absolute Gasteiger partial charge is 0.492 e. The van der Waals surface area contributed by atoms with E-state index in [0.29, 0.717) is 24.5 Å². The Morgan fingerprint density at radius 1 is 1.26 bits per heavy atom. The molecule has 0 radical (unpaired) electrons. The van der Waals surface area contributed by atoms with Crippen LogP contribution in [-0.4, -0.2) is 53.7 Å². The number of nitrogens with one attached hydrogen (secondary N) is 1. The average molecular weight is 269 g/mol. The Hall–Kier alpha value is -1.83. The SMILES string of the molecule is NC(=NO)c1ccc(OCCNC(CO)CO)cc1. The standard InChI is InChI=1S/C12H19N3O4/c13-12(15-18)9-1-3-11(4-2-9)19-6-5-14-10(7-16)8-17/h1-4,10,14,16-18H,5-8H2,(H2,13,15). The third-order valence-corrected chi connectivity index (χ3v) is 2.50. The number of nitrogens with two attached hydrogens (primary N) is 1. The van der Waals surface area contributed by atoms with Gasteiger partial charge < -0.3 is 31.2 Å². The second-order valence-electron chi connectivity index (χ2n) is 3.87. The maximum Gasteiger partial charge on any atom is 0.170 e. The Morgan fingerprint density at radius 2 is 1.89 bits per heavy atom. The smallest absolute Gasteiger partial charge is 0.170 e. The van der Waals surface area contributed by atoms with Gasteiger partial charge in [0, 0.05) is 12.1 Å². The lowest BCUT2D eigenvalue weighted by molar-refractivity contribution is 0.166. The minimum absolute atomic E-state index is 0.0435. The van der Waals surface area contributed by atoms with Crippen molar-refractivity contribution >= 4 is 5.84 Å². The molecule has 0 atom stereocenters. The van der Waals surface area contributed by atoms with Crippen molar-refractivity contribution in [1.29, 1.82) is 0 Å². The predicted molar refractivity (Wildman–Crippen MR) is 70.4 cm³/mol. The number of hydrogen-bond donors (Lipinski definition) is 5. The zero-order chi connectivity index (χ0) is 14.1. The molecule has 0 saturated heterocycles. The van der Waals surface area contributed by atoms with Crippen molar-refractivity contribution in [2.75, 3.05) is 26.4 Å². The normalized spacial score (nSPS) is 11.8. The van der Waals surface area contributed by atoms with Crippen molar-refractivity contribution < 1.29 is 20.2 Å². The molecular weight excluding hydrogens is 250 g/mol. The van der Waals surface area contributed by atoms with E-state index in [1.165, 1.54) is 0 Å². The van der Waals surface area contributed by atoms with Crippen LogP contribution in [0, 0.1) is 0 Å². The Kier molecular flexibility index (Phi) is 6.65. The quantitative estimate of drug-likeness (QED) is 0.137. The molecule has 1 aromatic rings. The molecule has 0 aromatic heterocycles. The summed E-state index contributed by atoms with van der Waals surface area (Å²) in [5.74, 6) is 0.697. The minimum Gasteiger partial charge on any atom is -0.492 e. The van der Waals surface area contributed by atoms with E-state index in [1.807, 2.05) is 0 Å². The van der Waals surface area contributed by atoms with E-state index < -0.39 is 0 Å². The molecule has 0 unspecified atom stereocenters. The van der Waals surface area contributed by atoms with Gasteiger partial charge in [-0.2, -0.15) is 0 Å². The van der Waals surface area contributed by atoms with Crippen molar-refractivity contribution in [3.8, 4) is 5.75 Å². The van der Waals surface area contributed by atoms with E-state index in [-0.39, 0.29) is 25.1 Å². The van der Waals surface area contributed by atoms with Crippen molar-refractivity contribution in [2.24, 2.45) is 10.9 Å². The van der Waals surface area contributed by atoms with Crippen LogP contribution < -0.4 is 15.8 Å². The second-order valence-corrected chi connectivity index (χ2v) is 3.87. The number of nitrogens with zero attached hydrogens (tertiary/aromatic N) is 1. The first-order valence-corrected chi connectivity index (χ1v) is 5.87. The van der Waals surface area contributed by atoms with E-state index in [2.05, 4.69) is 10.5 Å². The van der Waals surface area contributed by atoms with Crippen LogP contribution in [-0.2, 0) is 0 Å². The summed E-state index contributed by atoms with van der Waals surface area (Å²) in [6, 6.07) is 6.46. The van der Waals surface area contributed by atoms with Crippen molar-refractivity contribution in [1.82, 2.24) is 5.32 Å². The lowest BCUT2D eigenvalue weighted by atomic mass is 10.2. The molecule has 19 heavy (non-hydrogen) atoms. The topological polar surface area (TPSA) is 120 Å². The monoisotopic (exact) mass is 269 g/mol. The first-order valence-electron chi connectivity index (χ1n) is 5.87. The second kappa shape index (κ2) is 8.30. The summed E-state index contributed by atoms with van der Waals surface area (Å²) in [4.78, 5) is 0. The fraction of sp³-hybridized carbons (Fsp3) is 0.417. The van der Waals surface area contributed by atoms with Gasteiger partial charge in [0.2, 0.25) is 0 Å². The number of aliphatic hydroxyl groups excluding tert-OH is 2. The molecule has 106 valence electrons. The third-order valence-electron chi connectivity index (χ3n) is 2.50. The highest BCUT2D eigenvalue weighted by atomic mass is 16.5. The Morgan fingerprint density at radius 3 is 2.42 bits per heavy atom. The predicted octanol–water partition coefficient (Wildman–Crippen LogP) is -0.897. The fourth-order valence-corrected chi connectivity index (χ4v) is 1.40. The van der Waals surface area contributed by atoms with E-state index in [9.17, 15) is 0 Å². The summed E-state index contributed by atoms with van der Waals surface area (Å²) < 4.78 is 5.44. The molecule has 7 nitrogen and oxygen atoms in total. The molecule has 0 aliphatic heterocycles. The lowest BCUT2D eigenvalue weighted by Crippen LogP contribution is -2.38. The van der Waals surface area contributed by atoms with Crippen molar-refractivity contribution in [2.45, 2.75) is 6.04 Å². The number of amidine groups is 1. The Bertz CT molecular complexity index is 390. The van der Waals surface area contributed by atoms with Gasteiger partial charge in [-0.25, -0.2) is 0 Å². The molecule has 1 rings (SSSR count). The number of oxime groups is 1. The first kappa shape index (κ1) is 15.2. The van der Waals surface area contributed by atoms with Crippen LogP contribution in [0.4, 0.5) is 0 Å². The van der Waals surface area contributed by atoms with Crippen LogP contribution >= 0.6 is 0 Å². The van der Waals surface area contributed by atoms with E-state index in [4.69, 9.17) is 25.9 Å². The molecule has 0 aliphatic carbocycles. The van der Waals surface area contributed by atoms with Gasteiger partial charge in [0.15, 0.2) is 5.84 Å². The van der Waals surface area contributed by atoms with E-state index in [1.54, 1.807) is 24.3 Å². The number of aliphatic hydroxyl groups is 2. The third kappa shape index (κ3) is 5.12. The van der Waals surface area contributed by atoms with Gasteiger partial charge >= 0.3 is 0 Å². The lowest BCUT2D eigenvalue weighted by Gasteiger charge is -2.13. The maximum absolute atomic E-state index is 8.84. The molecule has 1 aromatic carbocycles. The molecule has 0 aliphatic rings. The average Bonchev–Trinajstić information content (AvgIpc) is 2.47. The van der Waals surface area contributed by atoms with Gasteiger partial charge in [0.25, 0.3) is 0 Å². The zero-order valence-electron chi connectivity index (χ0n) is 10.5. The summed E-state index contributed by atoms with van der Waals surface area (Å²) in [7, 11) is 0. The number of hydrogen-bond acceptors (Lipinski definition) is 6. The Balaban J connectivity index is 2.34. The number of benzene rings is 1. The molecule has 0 spiro atoms. The summed E-state index contributed by atoms with van der Waals surface area (Å²) in [6.45, 7) is 0.670. The summed E-state index contributed by atoms with van der Waals surface area (Å²) >= 11 is 0. The summed E-state index contributed by atoms with van der Waals surface area (Å²) in [5.41, 5.74) is 6.04. The van der Waals surface area contributed by atoms with Gasteiger partial charge in [-0.3, -0.25) is 0 Å². The molecule has 7 heteroatoms. The van der Waals surface area contributed by atoms with Crippen LogP contribution in [0.5, 0.6) is 5.75 Å². The highest BCUT2D eigenvalue weighted by molar-refractivity contribution is 5.97. The molecule has 6 N–H and O–H groups in total. The van der Waals surface area contributed by atoms with E-state index >= 15 is 0 Å². The zero-order valence-corrected chi connectivity index (χ0v) is 10.5. The highest BCUT2D eigenvalue weighted by Gasteiger charge is 2.04. The van der Waals surface area contributed by atoms with Crippen molar-refractivity contribution in [3.05, 3.63) is 29.8 Å². The van der Waals surface area contributed by atoms with Gasteiger partial charge in [0.1, 0.15) is 12.4 Å². The van der Waals surface area contributed by atoms with Crippen LogP contribution in [0.25, 0.3) is 0 Å². The Labute approximate surface area is 111 Å². The summed E-state index contributed by atoms with van der Waals surface area (Å²) in [5, 5.41) is 32.0. The molecule has 0 saturated carbocycles. The molecular formula is C12H19N3O4. The van der Waals surface area contributed by atoms with Crippen LogP contribution in [0.3, 0.4) is 0 Å². The number of rotatable bonds is 8. The van der Waals surface area contributed by atoms with Gasteiger partial charge in [-0.05, 0) is 24.3 Å². The van der Waals surface area contributed by atoms with Gasteiger partial charge in [-0.15, -0.1) is 0 Å². The minimum atomic E-state index is -0.327. The van der Waals surface area contributed by atoms with Crippen molar-refractivity contribution in [3.63, 3.8) is 0 Å². The molecule has 0 heterocycles. The maximum atomic E-state index is 8.84. The molecule has 0 amide bonds. The van der Waals surface area contributed by atoms with Gasteiger partial charge in [-0.1, -0.05) is 5.16 Å². The molecule has 0 bridgehead atoms. The number of ether oxygens (including phenoxy) is 1. The fourth-order valence-electron chi connectivity index (χ4n) is 1.40. The van der Waals surface area contributed by atoms with Crippen LogP contribution in [0.1, 0.15) is 5.56 Å².